The summed E-state index contributed by atoms with van der Waals surface area (Å²) in [6.07, 6.45) is 0.522. The molecule has 0 bridgehead atoms. The summed E-state index contributed by atoms with van der Waals surface area (Å²) in [5.41, 5.74) is 1.56. The molecule has 1 saturated heterocycles. The van der Waals surface area contributed by atoms with Crippen molar-refractivity contribution >= 4 is 27.6 Å². The average Bonchev–Trinajstić information content (AvgIpc) is 3.13. The second kappa shape index (κ2) is 9.05. The smallest absolute Gasteiger partial charge is 0.325 e. The highest BCUT2D eigenvalue weighted by Crippen LogP contribution is 2.34. The molecule has 0 radical (unpaired) electrons. The molecule has 2 aliphatic heterocycles. The van der Waals surface area contributed by atoms with Crippen LogP contribution in [0.2, 0.25) is 0 Å². The monoisotopic (exact) mass is 460 g/mol. The molecule has 32 heavy (non-hydrogen) atoms. The second-order valence-corrected chi connectivity index (χ2v) is 9.03. The van der Waals surface area contributed by atoms with Crippen molar-refractivity contribution in [2.45, 2.75) is 11.3 Å². The number of primary sulfonamides is 1. The summed E-state index contributed by atoms with van der Waals surface area (Å²) < 4.78 is 33.7. The van der Waals surface area contributed by atoms with Crippen LogP contribution in [0.3, 0.4) is 0 Å². The normalized spacial score (nSPS) is 15.7. The lowest BCUT2D eigenvalue weighted by atomic mass is 10.1. The SMILES string of the molecule is NS(=O)(=O)c1ccc(CCNC(=O)CN2CCN(c3ccc4c(c3)OCCO4)C2=O)cc1. The van der Waals surface area contributed by atoms with E-state index in [2.05, 4.69) is 5.32 Å². The fourth-order valence-electron chi connectivity index (χ4n) is 3.59. The van der Waals surface area contributed by atoms with Gasteiger partial charge in [-0.05, 0) is 36.2 Å². The van der Waals surface area contributed by atoms with Crippen molar-refractivity contribution in [2.75, 3.05) is 44.3 Å². The van der Waals surface area contributed by atoms with Gasteiger partial charge < -0.3 is 19.7 Å². The van der Waals surface area contributed by atoms with E-state index in [0.29, 0.717) is 56.5 Å². The highest BCUT2D eigenvalue weighted by atomic mass is 32.2. The van der Waals surface area contributed by atoms with E-state index in [-0.39, 0.29) is 23.4 Å². The fraction of sp³-hybridized carbons (Fsp3) is 0.333. The van der Waals surface area contributed by atoms with Crippen LogP contribution in [0.1, 0.15) is 5.56 Å². The predicted octanol–water partition coefficient (Wildman–Crippen LogP) is 0.706. The van der Waals surface area contributed by atoms with Gasteiger partial charge in [-0.1, -0.05) is 12.1 Å². The highest BCUT2D eigenvalue weighted by Gasteiger charge is 2.31. The van der Waals surface area contributed by atoms with Gasteiger partial charge in [0.15, 0.2) is 11.5 Å². The molecule has 11 heteroatoms. The minimum Gasteiger partial charge on any atom is -0.486 e. The van der Waals surface area contributed by atoms with Crippen LogP contribution in [0.15, 0.2) is 47.4 Å². The van der Waals surface area contributed by atoms with Crippen LogP contribution in [0.4, 0.5) is 10.5 Å². The molecular formula is C21H24N4O6S. The Morgan fingerprint density at radius 1 is 1.03 bits per heavy atom. The van der Waals surface area contributed by atoms with Crippen LogP contribution in [-0.4, -0.2) is 64.6 Å². The Bertz CT molecular complexity index is 1120. The Morgan fingerprint density at radius 3 is 2.47 bits per heavy atom. The number of nitrogens with one attached hydrogen (secondary N) is 1. The van der Waals surface area contributed by atoms with Crippen molar-refractivity contribution in [1.82, 2.24) is 10.2 Å². The molecule has 0 unspecified atom stereocenters. The van der Waals surface area contributed by atoms with Crippen molar-refractivity contribution in [3.05, 3.63) is 48.0 Å². The van der Waals surface area contributed by atoms with Gasteiger partial charge in [0.25, 0.3) is 0 Å². The van der Waals surface area contributed by atoms with E-state index < -0.39 is 10.0 Å². The van der Waals surface area contributed by atoms with Crippen molar-refractivity contribution in [1.29, 1.82) is 0 Å². The number of rotatable bonds is 7. The van der Waals surface area contributed by atoms with Crippen molar-refractivity contribution in [3.63, 3.8) is 0 Å². The summed E-state index contributed by atoms with van der Waals surface area (Å²) in [5.74, 6) is 1.00. The second-order valence-electron chi connectivity index (χ2n) is 7.47. The number of nitrogens with zero attached hydrogens (tertiary/aromatic N) is 2. The predicted molar refractivity (Wildman–Crippen MR) is 116 cm³/mol. The zero-order valence-electron chi connectivity index (χ0n) is 17.3. The third kappa shape index (κ3) is 4.94. The zero-order valence-corrected chi connectivity index (χ0v) is 18.1. The van der Waals surface area contributed by atoms with Gasteiger partial charge in [0.2, 0.25) is 15.9 Å². The number of amides is 3. The molecule has 2 heterocycles. The Kier molecular flexibility index (Phi) is 6.19. The minimum absolute atomic E-state index is 0.0375. The number of benzene rings is 2. The first-order valence-corrected chi connectivity index (χ1v) is 11.7. The van der Waals surface area contributed by atoms with Gasteiger partial charge in [0.05, 0.1) is 4.90 Å². The van der Waals surface area contributed by atoms with E-state index in [0.717, 1.165) is 5.56 Å². The lowest BCUT2D eigenvalue weighted by molar-refractivity contribution is -0.121. The van der Waals surface area contributed by atoms with Crippen molar-refractivity contribution in [2.24, 2.45) is 5.14 Å². The Morgan fingerprint density at radius 2 is 1.75 bits per heavy atom. The first kappa shape index (κ1) is 21.9. The Labute approximate surface area is 185 Å². The number of fused-ring (bicyclic) bond motifs is 1. The van der Waals surface area contributed by atoms with Gasteiger partial charge in [0, 0.05) is 31.4 Å². The molecule has 3 amide bonds. The van der Waals surface area contributed by atoms with Gasteiger partial charge >= 0.3 is 6.03 Å². The maximum Gasteiger partial charge on any atom is 0.325 e. The standard InChI is InChI=1S/C21H24N4O6S/c22-32(28,29)17-4-1-15(2-5-17)7-8-23-20(26)14-24-9-10-25(21(24)27)16-3-6-18-19(13-16)31-12-11-30-18/h1-6,13H,7-12,14H2,(H,23,26)(H2,22,28,29). The first-order valence-electron chi connectivity index (χ1n) is 10.2. The van der Waals surface area contributed by atoms with Gasteiger partial charge in [-0.3, -0.25) is 9.69 Å². The van der Waals surface area contributed by atoms with Crippen LogP contribution < -0.4 is 24.8 Å². The van der Waals surface area contributed by atoms with Crippen LogP contribution in [-0.2, 0) is 21.2 Å². The summed E-state index contributed by atoms with van der Waals surface area (Å²) in [4.78, 5) is 28.2. The molecule has 2 aliphatic rings. The number of nitrogens with two attached hydrogens (primary N) is 1. The molecule has 0 saturated carbocycles. The molecule has 3 N–H and O–H groups in total. The van der Waals surface area contributed by atoms with Crippen LogP contribution in [0.5, 0.6) is 11.5 Å². The lowest BCUT2D eigenvalue weighted by Gasteiger charge is -2.22. The van der Waals surface area contributed by atoms with E-state index in [1.165, 1.54) is 17.0 Å². The maximum absolute atomic E-state index is 12.8. The molecular weight excluding hydrogens is 436 g/mol. The molecule has 0 atom stereocenters. The molecule has 0 aliphatic carbocycles. The third-order valence-corrected chi connectivity index (χ3v) is 6.18. The number of sulfonamides is 1. The quantitative estimate of drug-likeness (QED) is 0.626. The van der Waals surface area contributed by atoms with Gasteiger partial charge in [-0.25, -0.2) is 18.4 Å². The van der Waals surface area contributed by atoms with E-state index in [4.69, 9.17) is 14.6 Å². The third-order valence-electron chi connectivity index (χ3n) is 5.25. The average molecular weight is 461 g/mol. The molecule has 0 spiro atoms. The largest absolute Gasteiger partial charge is 0.486 e. The number of hydrogen-bond donors (Lipinski definition) is 2. The Balaban J connectivity index is 1.26. The topological polar surface area (TPSA) is 131 Å². The summed E-state index contributed by atoms with van der Waals surface area (Å²) in [6.45, 7) is 2.20. The molecule has 2 aromatic rings. The lowest BCUT2D eigenvalue weighted by Crippen LogP contribution is -2.40. The zero-order chi connectivity index (χ0) is 22.7. The number of hydrogen-bond acceptors (Lipinski definition) is 6. The number of ether oxygens (including phenoxy) is 2. The number of carbonyl (C=O) groups excluding carboxylic acids is 2. The molecule has 0 aromatic heterocycles. The molecule has 2 aromatic carbocycles. The maximum atomic E-state index is 12.8. The van der Waals surface area contributed by atoms with Crippen LogP contribution in [0, 0.1) is 0 Å². The van der Waals surface area contributed by atoms with Gasteiger partial charge in [-0.2, -0.15) is 0 Å². The van der Waals surface area contributed by atoms with Gasteiger partial charge in [0.1, 0.15) is 19.8 Å². The van der Waals surface area contributed by atoms with Crippen LogP contribution in [0.25, 0.3) is 0 Å². The van der Waals surface area contributed by atoms with Crippen molar-refractivity contribution < 1.29 is 27.5 Å². The van der Waals surface area contributed by atoms with Crippen LogP contribution >= 0.6 is 0 Å². The molecule has 4 rings (SSSR count). The van der Waals surface area contributed by atoms with E-state index in [9.17, 15) is 18.0 Å². The highest BCUT2D eigenvalue weighted by molar-refractivity contribution is 7.89. The summed E-state index contributed by atoms with van der Waals surface area (Å²) in [7, 11) is -3.73. The first-order chi connectivity index (χ1) is 15.3. The summed E-state index contributed by atoms with van der Waals surface area (Å²) in [5, 5.41) is 7.87. The van der Waals surface area contributed by atoms with E-state index >= 15 is 0 Å². The Hall–Kier alpha value is -3.31. The number of anilines is 1. The van der Waals surface area contributed by atoms with E-state index in [1.54, 1.807) is 35.2 Å². The van der Waals surface area contributed by atoms with E-state index in [1.807, 2.05) is 0 Å². The van der Waals surface area contributed by atoms with Gasteiger partial charge in [-0.15, -0.1) is 0 Å². The summed E-state index contributed by atoms with van der Waals surface area (Å²) >= 11 is 0. The number of carbonyl (C=O) groups is 2. The van der Waals surface area contributed by atoms with Crippen molar-refractivity contribution in [3.8, 4) is 11.5 Å². The fourth-order valence-corrected chi connectivity index (χ4v) is 4.11. The number of urea groups is 1. The molecule has 1 fully saturated rings. The molecule has 10 nitrogen and oxygen atoms in total. The molecule has 170 valence electrons. The minimum atomic E-state index is -3.73. The summed E-state index contributed by atoms with van der Waals surface area (Å²) in [6, 6.07) is 11.3.